The topological polar surface area (TPSA) is 108 Å². The van der Waals surface area contributed by atoms with Crippen molar-refractivity contribution in [3.63, 3.8) is 0 Å². The molecule has 2 rings (SSSR count). The lowest BCUT2D eigenvalue weighted by Gasteiger charge is -2.09. The van der Waals surface area contributed by atoms with E-state index >= 15 is 0 Å². The van der Waals surface area contributed by atoms with Gasteiger partial charge in [0.05, 0.1) is 17.1 Å². The highest BCUT2D eigenvalue weighted by atomic mass is 16.6. The number of nitrogens with zero attached hydrogens (tertiary/aromatic N) is 1. The van der Waals surface area contributed by atoms with Gasteiger partial charge < -0.3 is 14.8 Å². The number of amides is 1. The number of hydrogen-bond acceptors (Lipinski definition) is 6. The highest BCUT2D eigenvalue weighted by molar-refractivity contribution is 5.95. The number of benzene rings is 2. The molecule has 8 heteroatoms. The van der Waals surface area contributed by atoms with Crippen LogP contribution in [-0.4, -0.2) is 30.0 Å². The molecule has 27 heavy (non-hydrogen) atoms. The summed E-state index contributed by atoms with van der Waals surface area (Å²) in [6, 6.07) is 10.7. The first-order chi connectivity index (χ1) is 12.9. The number of nitro groups is 1. The van der Waals surface area contributed by atoms with E-state index < -0.39 is 16.8 Å². The molecule has 0 aliphatic carbocycles. The molecule has 142 valence electrons. The maximum Gasteiger partial charge on any atom is 0.338 e. The van der Waals surface area contributed by atoms with Gasteiger partial charge in [-0.05, 0) is 43.7 Å². The lowest BCUT2D eigenvalue weighted by molar-refractivity contribution is -0.385. The van der Waals surface area contributed by atoms with Crippen molar-refractivity contribution in [2.45, 2.75) is 20.3 Å². The van der Waals surface area contributed by atoms with Crippen LogP contribution in [0.5, 0.6) is 5.75 Å². The summed E-state index contributed by atoms with van der Waals surface area (Å²) in [6.45, 7) is 3.55. The molecule has 0 spiro atoms. The summed E-state index contributed by atoms with van der Waals surface area (Å²) >= 11 is 0. The summed E-state index contributed by atoms with van der Waals surface area (Å²) in [4.78, 5) is 34.2. The number of rotatable bonds is 8. The summed E-state index contributed by atoms with van der Waals surface area (Å²) in [5.41, 5.74) is 1.21. The SMILES string of the molecule is CCCOC(=O)c1cccc(NC(=O)COc2ccc([N+](=O)[O-])c(C)c2)c1. The summed E-state index contributed by atoms with van der Waals surface area (Å²) < 4.78 is 10.4. The molecule has 0 aliphatic heterocycles. The van der Waals surface area contributed by atoms with Crippen molar-refractivity contribution in [3.8, 4) is 5.75 Å². The number of nitrogens with one attached hydrogen (secondary N) is 1. The van der Waals surface area contributed by atoms with Gasteiger partial charge in [-0.2, -0.15) is 0 Å². The predicted octanol–water partition coefficient (Wildman–Crippen LogP) is 3.49. The van der Waals surface area contributed by atoms with Crippen LogP contribution < -0.4 is 10.1 Å². The highest BCUT2D eigenvalue weighted by Gasteiger charge is 2.12. The molecule has 0 saturated heterocycles. The smallest absolute Gasteiger partial charge is 0.338 e. The van der Waals surface area contributed by atoms with E-state index in [9.17, 15) is 19.7 Å². The average Bonchev–Trinajstić information content (AvgIpc) is 2.64. The monoisotopic (exact) mass is 372 g/mol. The Balaban J connectivity index is 1.93. The molecule has 1 N–H and O–H groups in total. The third-order valence-electron chi connectivity index (χ3n) is 3.55. The fourth-order valence-corrected chi connectivity index (χ4v) is 2.27. The van der Waals surface area contributed by atoms with Crippen molar-refractivity contribution in [2.24, 2.45) is 0 Å². The van der Waals surface area contributed by atoms with Gasteiger partial charge >= 0.3 is 5.97 Å². The average molecular weight is 372 g/mol. The minimum absolute atomic E-state index is 0.0152. The van der Waals surface area contributed by atoms with Crippen molar-refractivity contribution in [1.82, 2.24) is 0 Å². The van der Waals surface area contributed by atoms with Gasteiger partial charge in [-0.1, -0.05) is 13.0 Å². The first kappa shape index (κ1) is 19.9. The third kappa shape index (κ3) is 5.81. The first-order valence-corrected chi connectivity index (χ1v) is 8.35. The number of hydrogen-bond donors (Lipinski definition) is 1. The van der Waals surface area contributed by atoms with Crippen LogP contribution in [0, 0.1) is 17.0 Å². The molecule has 0 saturated carbocycles. The minimum Gasteiger partial charge on any atom is -0.484 e. The first-order valence-electron chi connectivity index (χ1n) is 8.35. The number of carbonyl (C=O) groups excluding carboxylic acids is 2. The van der Waals surface area contributed by atoms with Crippen LogP contribution in [0.3, 0.4) is 0 Å². The van der Waals surface area contributed by atoms with Crippen LogP contribution in [0.1, 0.15) is 29.3 Å². The number of aryl methyl sites for hydroxylation is 1. The van der Waals surface area contributed by atoms with Crippen molar-refractivity contribution in [1.29, 1.82) is 0 Å². The van der Waals surface area contributed by atoms with E-state index in [1.807, 2.05) is 6.92 Å². The molecule has 1 amide bonds. The Morgan fingerprint density at radius 1 is 1.19 bits per heavy atom. The lowest BCUT2D eigenvalue weighted by atomic mass is 10.2. The van der Waals surface area contributed by atoms with E-state index in [1.165, 1.54) is 24.3 Å². The molecule has 8 nitrogen and oxygen atoms in total. The zero-order chi connectivity index (χ0) is 19.8. The van der Waals surface area contributed by atoms with Gasteiger partial charge in [0, 0.05) is 17.3 Å². The number of esters is 1. The summed E-state index contributed by atoms with van der Waals surface area (Å²) in [7, 11) is 0. The van der Waals surface area contributed by atoms with E-state index in [-0.39, 0.29) is 12.3 Å². The molecule has 0 fully saturated rings. The second-order valence-electron chi connectivity index (χ2n) is 5.76. The van der Waals surface area contributed by atoms with Crippen molar-refractivity contribution in [3.05, 3.63) is 63.7 Å². The van der Waals surface area contributed by atoms with Crippen LogP contribution in [0.4, 0.5) is 11.4 Å². The van der Waals surface area contributed by atoms with Crippen LogP contribution in [0.15, 0.2) is 42.5 Å². The fourth-order valence-electron chi connectivity index (χ4n) is 2.27. The fraction of sp³-hybridized carbons (Fsp3) is 0.263. The van der Waals surface area contributed by atoms with Gasteiger partial charge in [0.15, 0.2) is 6.61 Å². The van der Waals surface area contributed by atoms with Gasteiger partial charge in [0.1, 0.15) is 5.75 Å². The Labute approximate surface area is 156 Å². The van der Waals surface area contributed by atoms with Crippen molar-refractivity contribution < 1.29 is 24.0 Å². The molecule has 2 aromatic carbocycles. The van der Waals surface area contributed by atoms with Crippen LogP contribution in [0.25, 0.3) is 0 Å². The largest absolute Gasteiger partial charge is 0.484 e. The zero-order valence-electron chi connectivity index (χ0n) is 15.1. The highest BCUT2D eigenvalue weighted by Crippen LogP contribution is 2.23. The zero-order valence-corrected chi connectivity index (χ0v) is 15.1. The van der Waals surface area contributed by atoms with E-state index in [0.29, 0.717) is 29.2 Å². The predicted molar refractivity (Wildman–Crippen MR) is 99.0 cm³/mol. The molecule has 0 aromatic heterocycles. The quantitative estimate of drug-likeness (QED) is 0.432. The Morgan fingerprint density at radius 3 is 2.63 bits per heavy atom. The standard InChI is InChI=1S/C19H20N2O6/c1-3-9-26-19(23)14-5-4-6-15(11-14)20-18(22)12-27-16-7-8-17(21(24)25)13(2)10-16/h4-8,10-11H,3,9,12H2,1-2H3,(H,20,22). The molecular formula is C19H20N2O6. The maximum atomic E-state index is 12.0. The number of anilines is 1. The van der Waals surface area contributed by atoms with Gasteiger partial charge in [-0.15, -0.1) is 0 Å². The van der Waals surface area contributed by atoms with Crippen LogP contribution in [0.2, 0.25) is 0 Å². The summed E-state index contributed by atoms with van der Waals surface area (Å²) in [5.74, 6) is -0.527. The Bertz CT molecular complexity index is 850. The molecule has 0 atom stereocenters. The molecule has 0 aliphatic rings. The molecule has 0 unspecified atom stereocenters. The van der Waals surface area contributed by atoms with Gasteiger partial charge in [-0.25, -0.2) is 4.79 Å². The van der Waals surface area contributed by atoms with Gasteiger partial charge in [0.2, 0.25) is 0 Å². The van der Waals surface area contributed by atoms with E-state index in [1.54, 1.807) is 25.1 Å². The molecular weight excluding hydrogens is 352 g/mol. The minimum atomic E-state index is -0.482. The summed E-state index contributed by atoms with van der Waals surface area (Å²) in [5, 5.41) is 13.4. The van der Waals surface area contributed by atoms with Gasteiger partial charge in [-0.3, -0.25) is 14.9 Å². The van der Waals surface area contributed by atoms with Crippen molar-refractivity contribution in [2.75, 3.05) is 18.5 Å². The summed E-state index contributed by atoms with van der Waals surface area (Å²) in [6.07, 6.45) is 0.724. The third-order valence-corrected chi connectivity index (χ3v) is 3.55. The molecule has 0 bridgehead atoms. The maximum absolute atomic E-state index is 12.0. The second-order valence-corrected chi connectivity index (χ2v) is 5.76. The lowest BCUT2D eigenvalue weighted by Crippen LogP contribution is -2.20. The Morgan fingerprint density at radius 2 is 1.96 bits per heavy atom. The van der Waals surface area contributed by atoms with E-state index in [0.717, 1.165) is 6.42 Å². The van der Waals surface area contributed by atoms with Crippen LogP contribution in [-0.2, 0) is 9.53 Å². The Hall–Kier alpha value is -3.42. The van der Waals surface area contributed by atoms with Gasteiger partial charge in [0.25, 0.3) is 11.6 Å². The normalized spacial score (nSPS) is 10.1. The van der Waals surface area contributed by atoms with E-state index in [2.05, 4.69) is 5.32 Å². The number of ether oxygens (including phenoxy) is 2. The molecule has 0 radical (unpaired) electrons. The Kier molecular flexibility index (Phi) is 6.87. The van der Waals surface area contributed by atoms with Crippen molar-refractivity contribution >= 4 is 23.3 Å². The van der Waals surface area contributed by atoms with E-state index in [4.69, 9.17) is 9.47 Å². The molecule has 0 heterocycles. The number of nitro benzene ring substituents is 1. The second kappa shape index (κ2) is 9.33. The number of carbonyl (C=O) groups is 2. The van der Waals surface area contributed by atoms with Crippen LogP contribution >= 0.6 is 0 Å². The molecule has 2 aromatic rings.